The van der Waals surface area contributed by atoms with Crippen molar-refractivity contribution in [2.45, 2.75) is 32.7 Å². The van der Waals surface area contributed by atoms with Gasteiger partial charge in [-0.1, -0.05) is 12.1 Å². The molecule has 0 aromatic heterocycles. The summed E-state index contributed by atoms with van der Waals surface area (Å²) < 4.78 is 0. The van der Waals surface area contributed by atoms with Crippen LogP contribution in [0.1, 0.15) is 47.4 Å². The molecule has 2 rings (SSSR count). The van der Waals surface area contributed by atoms with Gasteiger partial charge < -0.3 is 10.0 Å². The van der Waals surface area contributed by atoms with Gasteiger partial charge in [0.05, 0.1) is 11.1 Å². The number of benzene rings is 1. The maximum absolute atomic E-state index is 12.5. The van der Waals surface area contributed by atoms with Crippen molar-refractivity contribution in [1.82, 2.24) is 4.90 Å². The first-order valence-corrected chi connectivity index (χ1v) is 6.64. The highest BCUT2D eigenvalue weighted by atomic mass is 16.4. The van der Waals surface area contributed by atoms with Gasteiger partial charge in [0.2, 0.25) is 0 Å². The minimum atomic E-state index is -1.06. The van der Waals surface area contributed by atoms with Crippen molar-refractivity contribution in [3.8, 4) is 0 Å². The van der Waals surface area contributed by atoms with Crippen molar-refractivity contribution in [3.05, 3.63) is 35.4 Å². The fourth-order valence-electron chi connectivity index (χ4n) is 2.12. The van der Waals surface area contributed by atoms with Gasteiger partial charge in [-0.05, 0) is 44.7 Å². The van der Waals surface area contributed by atoms with E-state index in [1.165, 1.54) is 6.07 Å². The van der Waals surface area contributed by atoms with Crippen LogP contribution in [0.5, 0.6) is 0 Å². The van der Waals surface area contributed by atoms with Crippen LogP contribution in [-0.2, 0) is 0 Å². The average Bonchev–Trinajstić information content (AvgIpc) is 3.18. The lowest BCUT2D eigenvalue weighted by atomic mass is 10.1. The van der Waals surface area contributed by atoms with E-state index >= 15 is 0 Å². The molecule has 4 heteroatoms. The third kappa shape index (κ3) is 3.13. The molecule has 1 aliphatic carbocycles. The van der Waals surface area contributed by atoms with Gasteiger partial charge in [0.25, 0.3) is 5.91 Å². The fourth-order valence-corrected chi connectivity index (χ4v) is 2.12. The zero-order valence-electron chi connectivity index (χ0n) is 11.3. The maximum atomic E-state index is 12.5. The lowest BCUT2D eigenvalue weighted by Crippen LogP contribution is -2.39. The molecular weight excluding hydrogens is 242 g/mol. The predicted octanol–water partition coefficient (Wildman–Crippen LogP) is 2.65. The molecule has 102 valence electrons. The van der Waals surface area contributed by atoms with E-state index in [4.69, 9.17) is 5.11 Å². The van der Waals surface area contributed by atoms with Crippen molar-refractivity contribution < 1.29 is 14.7 Å². The van der Waals surface area contributed by atoms with Crippen LogP contribution in [0.15, 0.2) is 24.3 Å². The Morgan fingerprint density at radius 3 is 2.32 bits per heavy atom. The van der Waals surface area contributed by atoms with Gasteiger partial charge in [0.1, 0.15) is 0 Å². The first kappa shape index (κ1) is 13.6. The van der Waals surface area contributed by atoms with E-state index in [2.05, 4.69) is 0 Å². The quantitative estimate of drug-likeness (QED) is 0.886. The van der Waals surface area contributed by atoms with Gasteiger partial charge in [-0.2, -0.15) is 0 Å². The Balaban J connectivity index is 2.27. The molecule has 0 atom stereocenters. The standard InChI is InChI=1S/C15H19NO3/c1-10(2)16(9-11-7-8-11)14(17)12-5-3-4-6-13(12)15(18)19/h3-6,10-11H,7-9H2,1-2H3,(H,18,19). The van der Waals surface area contributed by atoms with Crippen molar-refractivity contribution >= 4 is 11.9 Å². The fraction of sp³-hybridized carbons (Fsp3) is 0.467. The van der Waals surface area contributed by atoms with Crippen LogP contribution >= 0.6 is 0 Å². The molecule has 1 aromatic carbocycles. The second kappa shape index (κ2) is 5.43. The van der Waals surface area contributed by atoms with Crippen LogP contribution in [0.25, 0.3) is 0 Å². The molecule has 0 aliphatic heterocycles. The molecule has 1 N–H and O–H groups in total. The minimum Gasteiger partial charge on any atom is -0.478 e. The van der Waals surface area contributed by atoms with Gasteiger partial charge in [-0.3, -0.25) is 4.79 Å². The van der Waals surface area contributed by atoms with Crippen LogP contribution in [0.4, 0.5) is 0 Å². The molecule has 1 saturated carbocycles. The Bertz CT molecular complexity index is 492. The summed E-state index contributed by atoms with van der Waals surface area (Å²) in [5.41, 5.74) is 0.360. The average molecular weight is 261 g/mol. The summed E-state index contributed by atoms with van der Waals surface area (Å²) in [7, 11) is 0. The van der Waals surface area contributed by atoms with Crippen molar-refractivity contribution in [2.24, 2.45) is 5.92 Å². The Morgan fingerprint density at radius 2 is 1.84 bits per heavy atom. The molecule has 0 saturated heterocycles. The molecule has 19 heavy (non-hydrogen) atoms. The number of carbonyl (C=O) groups excluding carboxylic acids is 1. The summed E-state index contributed by atoms with van der Waals surface area (Å²) in [6.45, 7) is 4.65. The number of amides is 1. The number of hydrogen-bond acceptors (Lipinski definition) is 2. The summed E-state index contributed by atoms with van der Waals surface area (Å²) >= 11 is 0. The van der Waals surface area contributed by atoms with Gasteiger partial charge in [0.15, 0.2) is 0 Å². The Morgan fingerprint density at radius 1 is 1.26 bits per heavy atom. The molecule has 1 aliphatic rings. The summed E-state index contributed by atoms with van der Waals surface area (Å²) in [6, 6.07) is 6.49. The summed E-state index contributed by atoms with van der Waals surface area (Å²) in [6.07, 6.45) is 2.33. The van der Waals surface area contributed by atoms with Crippen LogP contribution in [0.2, 0.25) is 0 Å². The highest BCUT2D eigenvalue weighted by Crippen LogP contribution is 2.31. The Labute approximate surface area is 113 Å². The third-order valence-corrected chi connectivity index (χ3v) is 3.42. The molecule has 0 heterocycles. The number of aromatic carboxylic acids is 1. The van der Waals surface area contributed by atoms with E-state index in [1.807, 2.05) is 13.8 Å². The number of rotatable bonds is 5. The van der Waals surface area contributed by atoms with E-state index < -0.39 is 5.97 Å². The van der Waals surface area contributed by atoms with Gasteiger partial charge in [0, 0.05) is 12.6 Å². The Hall–Kier alpha value is -1.84. The lowest BCUT2D eigenvalue weighted by Gasteiger charge is -2.27. The number of carbonyl (C=O) groups is 2. The van der Waals surface area contributed by atoms with Crippen LogP contribution in [0, 0.1) is 5.92 Å². The van der Waals surface area contributed by atoms with E-state index in [9.17, 15) is 9.59 Å². The first-order chi connectivity index (χ1) is 9.00. The first-order valence-electron chi connectivity index (χ1n) is 6.64. The van der Waals surface area contributed by atoms with Crippen molar-refractivity contribution in [2.75, 3.05) is 6.54 Å². The second-order valence-electron chi connectivity index (χ2n) is 5.35. The minimum absolute atomic E-state index is 0.0777. The van der Waals surface area contributed by atoms with Crippen molar-refractivity contribution in [1.29, 1.82) is 0 Å². The number of carboxylic acid groups (broad SMARTS) is 1. The molecule has 1 fully saturated rings. The van der Waals surface area contributed by atoms with Gasteiger partial charge >= 0.3 is 5.97 Å². The third-order valence-electron chi connectivity index (χ3n) is 3.42. The summed E-state index contributed by atoms with van der Waals surface area (Å²) in [5.74, 6) is -0.651. The zero-order chi connectivity index (χ0) is 14.0. The maximum Gasteiger partial charge on any atom is 0.336 e. The summed E-state index contributed by atoms with van der Waals surface area (Å²) in [5, 5.41) is 9.16. The van der Waals surface area contributed by atoms with Crippen LogP contribution < -0.4 is 0 Å². The van der Waals surface area contributed by atoms with E-state index in [0.29, 0.717) is 5.92 Å². The normalized spacial score (nSPS) is 14.5. The molecule has 1 aromatic rings. The summed E-state index contributed by atoms with van der Waals surface area (Å²) in [4.78, 5) is 25.5. The second-order valence-corrected chi connectivity index (χ2v) is 5.35. The molecule has 0 radical (unpaired) electrons. The largest absolute Gasteiger partial charge is 0.478 e. The molecule has 0 spiro atoms. The van der Waals surface area contributed by atoms with Crippen molar-refractivity contribution in [3.63, 3.8) is 0 Å². The zero-order valence-corrected chi connectivity index (χ0v) is 11.3. The Kier molecular flexibility index (Phi) is 3.88. The molecule has 0 unspecified atom stereocenters. The monoisotopic (exact) mass is 261 g/mol. The molecule has 1 amide bonds. The van der Waals surface area contributed by atoms with E-state index in [1.54, 1.807) is 23.1 Å². The highest BCUT2D eigenvalue weighted by Gasteiger charge is 2.30. The molecular formula is C15H19NO3. The molecule has 0 bridgehead atoms. The smallest absolute Gasteiger partial charge is 0.336 e. The number of carboxylic acids is 1. The molecule has 4 nitrogen and oxygen atoms in total. The lowest BCUT2D eigenvalue weighted by molar-refractivity contribution is 0.0653. The predicted molar refractivity (Wildman–Crippen MR) is 72.3 cm³/mol. The van der Waals surface area contributed by atoms with E-state index in [-0.39, 0.29) is 23.1 Å². The van der Waals surface area contributed by atoms with Crippen LogP contribution in [-0.4, -0.2) is 34.5 Å². The number of hydrogen-bond donors (Lipinski definition) is 1. The van der Waals surface area contributed by atoms with Gasteiger partial charge in [-0.15, -0.1) is 0 Å². The highest BCUT2D eigenvalue weighted by molar-refractivity contribution is 6.04. The number of nitrogens with zero attached hydrogens (tertiary/aromatic N) is 1. The van der Waals surface area contributed by atoms with Crippen LogP contribution in [0.3, 0.4) is 0 Å². The SMILES string of the molecule is CC(C)N(CC1CC1)C(=O)c1ccccc1C(=O)O. The topological polar surface area (TPSA) is 57.6 Å². The van der Waals surface area contributed by atoms with E-state index in [0.717, 1.165) is 19.4 Å². The van der Waals surface area contributed by atoms with Gasteiger partial charge in [-0.25, -0.2) is 4.79 Å².